The fourth-order valence-corrected chi connectivity index (χ4v) is 5.51. The van der Waals surface area contributed by atoms with Gasteiger partial charge in [-0.05, 0) is 36.5 Å². The molecule has 3 aliphatic carbocycles. The molecule has 0 aromatic carbocycles. The maximum Gasteiger partial charge on any atom is 0.190 e. The summed E-state index contributed by atoms with van der Waals surface area (Å²) in [4.78, 5) is 12.1. The summed E-state index contributed by atoms with van der Waals surface area (Å²) in [6, 6.07) is 0. The number of hydrogen-bond acceptors (Lipinski definition) is 3. The smallest absolute Gasteiger partial charge is 0.190 e. The minimum absolute atomic E-state index is 0.0192. The molecule has 1 aliphatic heterocycles. The van der Waals surface area contributed by atoms with E-state index in [0.717, 1.165) is 12.8 Å². The lowest BCUT2D eigenvalue weighted by Gasteiger charge is -2.36. The van der Waals surface area contributed by atoms with Crippen molar-refractivity contribution in [3.8, 4) is 0 Å². The van der Waals surface area contributed by atoms with Crippen LogP contribution < -0.4 is 0 Å². The summed E-state index contributed by atoms with van der Waals surface area (Å²) in [7, 11) is 0. The van der Waals surface area contributed by atoms with E-state index >= 15 is 0 Å². The van der Waals surface area contributed by atoms with Gasteiger partial charge in [0.1, 0.15) is 5.60 Å². The van der Waals surface area contributed by atoms with Crippen LogP contribution in [0, 0.1) is 22.7 Å². The molecule has 3 heteroatoms. The van der Waals surface area contributed by atoms with Crippen LogP contribution in [0.1, 0.15) is 33.1 Å². The van der Waals surface area contributed by atoms with Crippen molar-refractivity contribution < 1.29 is 14.6 Å². The first-order valence-electron chi connectivity index (χ1n) is 6.90. The fourth-order valence-electron chi connectivity index (χ4n) is 5.51. The summed E-state index contributed by atoms with van der Waals surface area (Å²) >= 11 is 0. The Balaban J connectivity index is 1.84. The molecule has 5 unspecified atom stereocenters. The van der Waals surface area contributed by atoms with Gasteiger partial charge in [-0.25, -0.2) is 0 Å². The van der Waals surface area contributed by atoms with E-state index in [0.29, 0.717) is 22.8 Å². The molecule has 98 valence electrons. The van der Waals surface area contributed by atoms with E-state index in [-0.39, 0.29) is 24.1 Å². The lowest BCUT2D eigenvalue weighted by atomic mass is 9.68. The minimum atomic E-state index is -0.465. The lowest BCUT2D eigenvalue weighted by molar-refractivity contribution is -0.118. The Bertz CT molecular complexity index is 480. The van der Waals surface area contributed by atoms with Crippen molar-refractivity contribution in [1.29, 1.82) is 0 Å². The number of aliphatic hydroxyl groups is 1. The number of ether oxygens (including phenoxy) is 1. The molecule has 4 aliphatic rings. The van der Waals surface area contributed by atoms with Crippen LogP contribution in [0.2, 0.25) is 0 Å². The maximum atomic E-state index is 12.1. The third kappa shape index (κ3) is 0.894. The van der Waals surface area contributed by atoms with E-state index in [1.807, 2.05) is 0 Å². The van der Waals surface area contributed by atoms with Gasteiger partial charge in [-0.3, -0.25) is 4.79 Å². The Hall–Kier alpha value is -0.670. The summed E-state index contributed by atoms with van der Waals surface area (Å²) in [6.07, 6.45) is 2.91. The quantitative estimate of drug-likeness (QED) is 0.567. The molecule has 3 saturated carbocycles. The van der Waals surface area contributed by atoms with Gasteiger partial charge in [0.05, 0.1) is 12.0 Å². The van der Waals surface area contributed by atoms with Crippen LogP contribution in [-0.4, -0.2) is 29.2 Å². The SMILES string of the molecule is C=C1C(=O)C2OC23CC2CC(C)(C)CC2C13CO. The Morgan fingerprint density at radius 2 is 2.11 bits per heavy atom. The summed E-state index contributed by atoms with van der Waals surface area (Å²) in [5.41, 5.74) is 0.121. The van der Waals surface area contributed by atoms with Gasteiger partial charge >= 0.3 is 0 Å². The standard InChI is InChI=1S/C15H20O3/c1-8-11(17)12-15(18-12)5-9-4-13(2,3)6-10(9)14(8,15)7-16/h9-10,12,16H,1,4-7H2,2-3H3. The molecule has 1 saturated heterocycles. The zero-order valence-corrected chi connectivity index (χ0v) is 11.0. The zero-order chi connectivity index (χ0) is 12.9. The van der Waals surface area contributed by atoms with Gasteiger partial charge in [0.25, 0.3) is 0 Å². The Morgan fingerprint density at radius 1 is 1.39 bits per heavy atom. The topological polar surface area (TPSA) is 49.8 Å². The molecule has 0 aromatic rings. The third-order valence-electron chi connectivity index (χ3n) is 6.13. The van der Waals surface area contributed by atoms with E-state index in [4.69, 9.17) is 4.74 Å². The molecule has 1 heterocycles. The predicted molar refractivity (Wildman–Crippen MR) is 65.9 cm³/mol. The van der Waals surface area contributed by atoms with Crippen LogP contribution in [0.15, 0.2) is 12.2 Å². The van der Waals surface area contributed by atoms with Gasteiger partial charge in [0.2, 0.25) is 0 Å². The number of carbonyl (C=O) groups is 1. The summed E-state index contributed by atoms with van der Waals surface area (Å²) in [5.74, 6) is 1.01. The van der Waals surface area contributed by atoms with Crippen LogP contribution in [0.3, 0.4) is 0 Å². The van der Waals surface area contributed by atoms with Crippen molar-refractivity contribution in [2.45, 2.75) is 44.8 Å². The van der Waals surface area contributed by atoms with Crippen molar-refractivity contribution in [3.63, 3.8) is 0 Å². The van der Waals surface area contributed by atoms with E-state index in [1.54, 1.807) is 0 Å². The molecule has 5 atom stereocenters. The highest BCUT2D eigenvalue weighted by Gasteiger charge is 2.85. The molecular weight excluding hydrogens is 228 g/mol. The molecule has 1 spiro atoms. The molecule has 3 nitrogen and oxygen atoms in total. The summed E-state index contributed by atoms with van der Waals surface area (Å²) in [5, 5.41) is 10.0. The number of aliphatic hydroxyl groups excluding tert-OH is 1. The van der Waals surface area contributed by atoms with Crippen LogP contribution >= 0.6 is 0 Å². The number of fused-ring (bicyclic) bond motifs is 2. The molecule has 0 radical (unpaired) electrons. The van der Waals surface area contributed by atoms with Gasteiger partial charge in [0.15, 0.2) is 11.9 Å². The van der Waals surface area contributed by atoms with E-state index < -0.39 is 5.41 Å². The lowest BCUT2D eigenvalue weighted by Crippen LogP contribution is -2.41. The zero-order valence-electron chi connectivity index (χ0n) is 11.0. The van der Waals surface area contributed by atoms with Crippen molar-refractivity contribution in [3.05, 3.63) is 12.2 Å². The molecule has 18 heavy (non-hydrogen) atoms. The number of Topliss-reactive ketones (excluding diaryl/α,β-unsaturated/α-hetero) is 1. The van der Waals surface area contributed by atoms with Gasteiger partial charge in [-0.15, -0.1) is 0 Å². The highest BCUT2D eigenvalue weighted by molar-refractivity contribution is 6.07. The van der Waals surface area contributed by atoms with Gasteiger partial charge in [-0.2, -0.15) is 0 Å². The second kappa shape index (κ2) is 2.75. The Morgan fingerprint density at radius 3 is 2.78 bits per heavy atom. The number of rotatable bonds is 1. The Labute approximate surface area is 107 Å². The highest BCUT2D eigenvalue weighted by atomic mass is 16.6. The first-order valence-corrected chi connectivity index (χ1v) is 6.90. The second-order valence-corrected chi connectivity index (χ2v) is 7.50. The van der Waals surface area contributed by atoms with Gasteiger partial charge < -0.3 is 9.84 Å². The summed E-state index contributed by atoms with van der Waals surface area (Å²) < 4.78 is 5.78. The van der Waals surface area contributed by atoms with Crippen LogP contribution in [-0.2, 0) is 9.53 Å². The Kier molecular flexibility index (Phi) is 1.71. The fraction of sp³-hybridized carbons (Fsp3) is 0.800. The average Bonchev–Trinajstić information content (AvgIpc) is 2.79. The van der Waals surface area contributed by atoms with Crippen molar-refractivity contribution in [1.82, 2.24) is 0 Å². The van der Waals surface area contributed by atoms with Crippen molar-refractivity contribution in [2.75, 3.05) is 6.61 Å². The van der Waals surface area contributed by atoms with Crippen LogP contribution in [0.5, 0.6) is 0 Å². The van der Waals surface area contributed by atoms with Crippen molar-refractivity contribution >= 4 is 5.78 Å². The monoisotopic (exact) mass is 248 g/mol. The normalized spacial score (nSPS) is 55.4. The van der Waals surface area contributed by atoms with E-state index in [2.05, 4.69) is 20.4 Å². The van der Waals surface area contributed by atoms with Crippen molar-refractivity contribution in [2.24, 2.45) is 22.7 Å². The van der Waals surface area contributed by atoms with Crippen LogP contribution in [0.25, 0.3) is 0 Å². The minimum Gasteiger partial charge on any atom is -0.395 e. The third-order valence-corrected chi connectivity index (χ3v) is 6.13. The molecule has 0 aromatic heterocycles. The van der Waals surface area contributed by atoms with E-state index in [9.17, 15) is 9.90 Å². The molecule has 4 rings (SSSR count). The van der Waals surface area contributed by atoms with Gasteiger partial charge in [-0.1, -0.05) is 20.4 Å². The van der Waals surface area contributed by atoms with E-state index in [1.165, 1.54) is 6.42 Å². The average molecular weight is 248 g/mol. The first kappa shape index (κ1) is 11.2. The molecule has 0 amide bonds. The summed E-state index contributed by atoms with van der Waals surface area (Å²) in [6.45, 7) is 8.61. The molecule has 4 fully saturated rings. The number of ketones is 1. The van der Waals surface area contributed by atoms with Crippen LogP contribution in [0.4, 0.5) is 0 Å². The number of epoxide rings is 1. The predicted octanol–water partition coefficient (Wildman–Crippen LogP) is 1.70. The second-order valence-electron chi connectivity index (χ2n) is 7.50. The molecule has 0 bridgehead atoms. The highest BCUT2D eigenvalue weighted by Crippen LogP contribution is 2.76. The largest absolute Gasteiger partial charge is 0.395 e. The van der Waals surface area contributed by atoms with Gasteiger partial charge in [0, 0.05) is 5.57 Å². The molecule has 1 N–H and O–H groups in total. The number of carbonyl (C=O) groups excluding carboxylic acids is 1. The number of hydrogen-bond donors (Lipinski definition) is 1. The first-order chi connectivity index (χ1) is 8.38. The molecular formula is C15H20O3. The maximum absolute atomic E-state index is 12.1.